The van der Waals surface area contributed by atoms with Gasteiger partial charge in [-0.25, -0.2) is 4.98 Å². The SMILES string of the molecule is CC(C)CC(=O)[C@@H]1CCCN(C(=O)c2ccc(NCc3ccsc3)nc2)C1. The molecule has 27 heavy (non-hydrogen) atoms. The molecule has 1 aliphatic rings. The third-order valence-electron chi connectivity index (χ3n) is 4.84. The van der Waals surface area contributed by atoms with Crippen LogP contribution in [0.4, 0.5) is 5.82 Å². The lowest BCUT2D eigenvalue weighted by Crippen LogP contribution is -2.42. The average molecular weight is 386 g/mol. The van der Waals surface area contributed by atoms with Gasteiger partial charge in [0, 0.05) is 38.2 Å². The summed E-state index contributed by atoms with van der Waals surface area (Å²) in [6.07, 6.45) is 3.99. The number of rotatable bonds is 7. The van der Waals surface area contributed by atoms with Crippen molar-refractivity contribution in [3.8, 4) is 0 Å². The maximum Gasteiger partial charge on any atom is 0.255 e. The quantitative estimate of drug-likeness (QED) is 0.775. The standard InChI is InChI=1S/C21H27N3O2S/c1-15(2)10-19(25)18-4-3-8-24(13-18)21(26)17-5-6-20(23-12-17)22-11-16-7-9-27-14-16/h5-7,9,12,14-15,18H,3-4,8,10-11,13H2,1-2H3,(H,22,23)/t18-/m1/s1. The van der Waals surface area contributed by atoms with E-state index in [0.717, 1.165) is 25.2 Å². The summed E-state index contributed by atoms with van der Waals surface area (Å²) >= 11 is 1.67. The highest BCUT2D eigenvalue weighted by Gasteiger charge is 2.29. The van der Waals surface area contributed by atoms with Crippen LogP contribution in [0.25, 0.3) is 0 Å². The first-order valence-electron chi connectivity index (χ1n) is 9.56. The summed E-state index contributed by atoms with van der Waals surface area (Å²) in [4.78, 5) is 31.3. The number of amides is 1. The summed E-state index contributed by atoms with van der Waals surface area (Å²) in [5.41, 5.74) is 1.79. The highest BCUT2D eigenvalue weighted by Crippen LogP contribution is 2.22. The van der Waals surface area contributed by atoms with Crippen molar-refractivity contribution in [3.05, 3.63) is 46.3 Å². The summed E-state index contributed by atoms with van der Waals surface area (Å²) in [6.45, 7) is 6.08. The van der Waals surface area contributed by atoms with Crippen LogP contribution in [0.1, 0.15) is 49.0 Å². The molecule has 2 aromatic heterocycles. The minimum Gasteiger partial charge on any atom is -0.366 e. The number of ketones is 1. The number of nitrogens with one attached hydrogen (secondary N) is 1. The van der Waals surface area contributed by atoms with Crippen LogP contribution in [-0.4, -0.2) is 34.7 Å². The van der Waals surface area contributed by atoms with Crippen molar-refractivity contribution in [3.63, 3.8) is 0 Å². The van der Waals surface area contributed by atoms with Gasteiger partial charge >= 0.3 is 0 Å². The monoisotopic (exact) mass is 385 g/mol. The van der Waals surface area contributed by atoms with Crippen molar-refractivity contribution in [2.45, 2.75) is 39.7 Å². The maximum absolute atomic E-state index is 12.8. The first kappa shape index (κ1) is 19.5. The number of carbonyl (C=O) groups excluding carboxylic acids is 2. The Balaban J connectivity index is 1.57. The molecule has 1 fully saturated rings. The summed E-state index contributed by atoms with van der Waals surface area (Å²) in [6, 6.07) is 5.72. The number of Topliss-reactive ketones (excluding diaryl/α,β-unsaturated/α-hetero) is 1. The molecule has 1 saturated heterocycles. The third-order valence-corrected chi connectivity index (χ3v) is 5.57. The molecular weight excluding hydrogens is 358 g/mol. The Kier molecular flexibility index (Phi) is 6.61. The van der Waals surface area contributed by atoms with E-state index in [-0.39, 0.29) is 17.6 Å². The Morgan fingerprint density at radius 2 is 2.19 bits per heavy atom. The van der Waals surface area contributed by atoms with Gasteiger partial charge in [-0.3, -0.25) is 9.59 Å². The molecule has 0 unspecified atom stereocenters. The number of nitrogens with zero attached hydrogens (tertiary/aromatic N) is 2. The van der Waals surface area contributed by atoms with Crippen LogP contribution in [0, 0.1) is 11.8 Å². The van der Waals surface area contributed by atoms with Crippen molar-refractivity contribution in [1.82, 2.24) is 9.88 Å². The number of pyridine rings is 1. The van der Waals surface area contributed by atoms with E-state index in [1.54, 1.807) is 17.5 Å². The zero-order valence-corrected chi connectivity index (χ0v) is 16.8. The van der Waals surface area contributed by atoms with Crippen molar-refractivity contribution in [1.29, 1.82) is 0 Å². The van der Waals surface area contributed by atoms with E-state index < -0.39 is 0 Å². The molecule has 0 aromatic carbocycles. The van der Waals surface area contributed by atoms with Crippen LogP contribution in [-0.2, 0) is 11.3 Å². The zero-order chi connectivity index (χ0) is 19.2. The number of likely N-dealkylation sites (tertiary alicyclic amines) is 1. The van der Waals surface area contributed by atoms with Gasteiger partial charge in [-0.2, -0.15) is 11.3 Å². The van der Waals surface area contributed by atoms with Crippen molar-refractivity contribution < 1.29 is 9.59 Å². The number of aromatic nitrogens is 1. The predicted octanol–water partition coefficient (Wildman–Crippen LogP) is 4.22. The van der Waals surface area contributed by atoms with Crippen LogP contribution < -0.4 is 5.32 Å². The fourth-order valence-corrected chi connectivity index (χ4v) is 4.06. The first-order valence-corrected chi connectivity index (χ1v) is 10.5. The molecule has 3 heterocycles. The van der Waals surface area contributed by atoms with E-state index in [4.69, 9.17) is 0 Å². The molecule has 0 aliphatic carbocycles. The molecule has 1 amide bonds. The van der Waals surface area contributed by atoms with E-state index in [9.17, 15) is 9.59 Å². The van der Waals surface area contributed by atoms with Gasteiger partial charge in [0.2, 0.25) is 0 Å². The van der Waals surface area contributed by atoms with Gasteiger partial charge in [-0.05, 0) is 53.3 Å². The molecule has 1 atom stereocenters. The molecule has 6 heteroatoms. The Hall–Kier alpha value is -2.21. The molecule has 0 radical (unpaired) electrons. The normalized spacial score (nSPS) is 17.1. The number of hydrogen-bond donors (Lipinski definition) is 1. The average Bonchev–Trinajstić information content (AvgIpc) is 3.19. The van der Waals surface area contributed by atoms with E-state index in [2.05, 4.69) is 35.6 Å². The summed E-state index contributed by atoms with van der Waals surface area (Å²) < 4.78 is 0. The highest BCUT2D eigenvalue weighted by atomic mass is 32.1. The second-order valence-electron chi connectivity index (χ2n) is 7.57. The fraction of sp³-hybridized carbons (Fsp3) is 0.476. The predicted molar refractivity (Wildman–Crippen MR) is 109 cm³/mol. The molecule has 2 aromatic rings. The van der Waals surface area contributed by atoms with Gasteiger partial charge < -0.3 is 10.2 Å². The fourth-order valence-electron chi connectivity index (χ4n) is 3.39. The Morgan fingerprint density at radius 3 is 2.85 bits per heavy atom. The molecule has 1 aliphatic heterocycles. The van der Waals surface area contributed by atoms with Gasteiger partial charge in [0.05, 0.1) is 5.56 Å². The molecule has 0 spiro atoms. The largest absolute Gasteiger partial charge is 0.366 e. The van der Waals surface area contributed by atoms with Crippen molar-refractivity contribution in [2.24, 2.45) is 11.8 Å². The number of piperidine rings is 1. The lowest BCUT2D eigenvalue weighted by Gasteiger charge is -2.32. The van der Waals surface area contributed by atoms with Crippen LogP contribution in [0.3, 0.4) is 0 Å². The molecule has 144 valence electrons. The van der Waals surface area contributed by atoms with Gasteiger partial charge in [-0.1, -0.05) is 13.8 Å². The molecule has 0 saturated carbocycles. The molecular formula is C21H27N3O2S. The van der Waals surface area contributed by atoms with Crippen LogP contribution in [0.5, 0.6) is 0 Å². The highest BCUT2D eigenvalue weighted by molar-refractivity contribution is 7.07. The van der Waals surface area contributed by atoms with E-state index in [1.807, 2.05) is 22.4 Å². The zero-order valence-electron chi connectivity index (χ0n) is 16.0. The summed E-state index contributed by atoms with van der Waals surface area (Å²) in [5.74, 6) is 1.34. The second kappa shape index (κ2) is 9.13. The molecule has 5 nitrogen and oxygen atoms in total. The molecule has 3 rings (SSSR count). The van der Waals surface area contributed by atoms with Gasteiger partial charge in [0.1, 0.15) is 11.6 Å². The number of carbonyl (C=O) groups is 2. The maximum atomic E-state index is 12.8. The number of hydrogen-bond acceptors (Lipinski definition) is 5. The van der Waals surface area contributed by atoms with Crippen LogP contribution in [0.15, 0.2) is 35.2 Å². The van der Waals surface area contributed by atoms with Gasteiger partial charge in [-0.15, -0.1) is 0 Å². The second-order valence-corrected chi connectivity index (χ2v) is 8.35. The summed E-state index contributed by atoms with van der Waals surface area (Å²) in [5, 5.41) is 7.40. The van der Waals surface area contributed by atoms with Crippen LogP contribution in [0.2, 0.25) is 0 Å². The Bertz CT molecular complexity index is 756. The van der Waals surface area contributed by atoms with E-state index in [0.29, 0.717) is 31.0 Å². The lowest BCUT2D eigenvalue weighted by molar-refractivity contribution is -0.124. The minimum atomic E-state index is -0.0334. The lowest BCUT2D eigenvalue weighted by atomic mass is 9.89. The number of anilines is 1. The minimum absolute atomic E-state index is 0.0235. The molecule has 1 N–H and O–H groups in total. The third kappa shape index (κ3) is 5.39. The number of thiophene rings is 1. The Labute approximate surface area is 164 Å². The van der Waals surface area contributed by atoms with E-state index >= 15 is 0 Å². The first-order chi connectivity index (χ1) is 13.0. The van der Waals surface area contributed by atoms with E-state index in [1.165, 1.54) is 5.56 Å². The Morgan fingerprint density at radius 1 is 1.33 bits per heavy atom. The van der Waals surface area contributed by atoms with Crippen molar-refractivity contribution >= 4 is 28.8 Å². The smallest absolute Gasteiger partial charge is 0.255 e. The topological polar surface area (TPSA) is 62.3 Å². The van der Waals surface area contributed by atoms with Crippen molar-refractivity contribution in [2.75, 3.05) is 18.4 Å². The van der Waals surface area contributed by atoms with Gasteiger partial charge in [0.15, 0.2) is 0 Å². The van der Waals surface area contributed by atoms with Crippen LogP contribution >= 0.6 is 11.3 Å². The summed E-state index contributed by atoms with van der Waals surface area (Å²) in [7, 11) is 0. The molecule has 0 bridgehead atoms. The van der Waals surface area contributed by atoms with Gasteiger partial charge in [0.25, 0.3) is 5.91 Å².